The van der Waals surface area contributed by atoms with Crippen LogP contribution in [0.25, 0.3) is 16.7 Å². The maximum atomic E-state index is 13.1. The molecule has 4 rings (SSSR count). The first-order valence-corrected chi connectivity index (χ1v) is 12.1. The lowest BCUT2D eigenvalue weighted by molar-refractivity contribution is -0.137. The molecule has 31 heavy (non-hydrogen) atoms. The molecular formula is C25H31BrN4O. The molecule has 3 aromatic rings. The zero-order valence-corrected chi connectivity index (χ0v) is 20.0. The highest BCUT2D eigenvalue weighted by Gasteiger charge is 2.29. The lowest BCUT2D eigenvalue weighted by Crippen LogP contribution is -2.45. The minimum Gasteiger partial charge on any atom is -0.343 e. The van der Waals surface area contributed by atoms with Gasteiger partial charge in [0.1, 0.15) is 5.82 Å². The van der Waals surface area contributed by atoms with Gasteiger partial charge in [0.25, 0.3) is 0 Å². The lowest BCUT2D eigenvalue weighted by atomic mass is 9.96. The summed E-state index contributed by atoms with van der Waals surface area (Å²) in [6.45, 7) is 8.42. The molecule has 1 aromatic heterocycles. The van der Waals surface area contributed by atoms with Crippen LogP contribution >= 0.6 is 15.9 Å². The Balaban J connectivity index is 1.59. The van der Waals surface area contributed by atoms with E-state index in [1.807, 2.05) is 11.0 Å². The smallest absolute Gasteiger partial charge is 0.226 e. The first kappa shape index (κ1) is 22.0. The minimum absolute atomic E-state index is 0.0887. The van der Waals surface area contributed by atoms with Crippen LogP contribution in [-0.2, 0) is 11.3 Å². The number of imidazole rings is 1. The van der Waals surface area contributed by atoms with Crippen LogP contribution in [-0.4, -0.2) is 51.4 Å². The number of rotatable bonds is 7. The summed E-state index contributed by atoms with van der Waals surface area (Å²) in [4.78, 5) is 22.4. The second-order valence-electron chi connectivity index (χ2n) is 8.32. The Bertz CT molecular complexity index is 1030. The number of benzene rings is 2. The van der Waals surface area contributed by atoms with Gasteiger partial charge in [-0.15, -0.1) is 0 Å². The molecule has 5 nitrogen and oxygen atoms in total. The van der Waals surface area contributed by atoms with Crippen LogP contribution in [0.5, 0.6) is 0 Å². The molecule has 1 aliphatic rings. The van der Waals surface area contributed by atoms with Crippen LogP contribution in [0.4, 0.5) is 0 Å². The van der Waals surface area contributed by atoms with Gasteiger partial charge in [0, 0.05) is 29.8 Å². The highest BCUT2D eigenvalue weighted by Crippen LogP contribution is 2.26. The summed E-state index contributed by atoms with van der Waals surface area (Å²) in [5.74, 6) is 1.43. The molecule has 164 valence electrons. The van der Waals surface area contributed by atoms with E-state index >= 15 is 0 Å². The van der Waals surface area contributed by atoms with Crippen LogP contribution in [0.2, 0.25) is 0 Å². The predicted molar refractivity (Wildman–Crippen MR) is 129 cm³/mol. The van der Waals surface area contributed by atoms with Crippen molar-refractivity contribution in [2.45, 2.75) is 39.7 Å². The highest BCUT2D eigenvalue weighted by atomic mass is 79.9. The van der Waals surface area contributed by atoms with E-state index < -0.39 is 0 Å². The fourth-order valence-electron chi connectivity index (χ4n) is 4.61. The number of piperidine rings is 1. The second-order valence-corrected chi connectivity index (χ2v) is 9.24. The number of halogens is 1. The first-order chi connectivity index (χ1) is 15.1. The average Bonchev–Trinajstić information content (AvgIpc) is 3.15. The molecule has 2 heterocycles. The number of aromatic nitrogens is 2. The van der Waals surface area contributed by atoms with E-state index in [2.05, 4.69) is 81.7 Å². The summed E-state index contributed by atoms with van der Waals surface area (Å²) >= 11 is 3.54. The Morgan fingerprint density at radius 2 is 1.94 bits per heavy atom. The lowest BCUT2D eigenvalue weighted by Gasteiger charge is -2.34. The van der Waals surface area contributed by atoms with Crippen molar-refractivity contribution in [3.05, 3.63) is 58.8 Å². The number of amides is 1. The number of nitrogens with zero attached hydrogens (tertiary/aromatic N) is 4. The van der Waals surface area contributed by atoms with Gasteiger partial charge in [0.2, 0.25) is 5.91 Å². The topological polar surface area (TPSA) is 41.4 Å². The molecule has 6 heteroatoms. The minimum atomic E-state index is 0.0887. The van der Waals surface area contributed by atoms with Gasteiger partial charge >= 0.3 is 0 Å². The van der Waals surface area contributed by atoms with Gasteiger partial charge in [-0.25, -0.2) is 4.98 Å². The summed E-state index contributed by atoms with van der Waals surface area (Å²) in [5, 5.41) is 0. The van der Waals surface area contributed by atoms with Crippen LogP contribution in [0, 0.1) is 5.92 Å². The maximum absolute atomic E-state index is 13.1. The van der Waals surface area contributed by atoms with Crippen LogP contribution in [0.15, 0.2) is 53.0 Å². The van der Waals surface area contributed by atoms with E-state index in [9.17, 15) is 4.79 Å². The summed E-state index contributed by atoms with van der Waals surface area (Å²) in [6.07, 6.45) is 3.05. The predicted octanol–water partition coefficient (Wildman–Crippen LogP) is 5.26. The van der Waals surface area contributed by atoms with Gasteiger partial charge in [0.05, 0.1) is 23.5 Å². The Kier molecular flexibility index (Phi) is 7.08. The van der Waals surface area contributed by atoms with Crippen molar-refractivity contribution in [3.8, 4) is 5.69 Å². The Morgan fingerprint density at radius 3 is 2.68 bits per heavy atom. The molecule has 0 spiro atoms. The fraction of sp³-hybridized carbons (Fsp3) is 0.440. The third kappa shape index (κ3) is 4.85. The van der Waals surface area contributed by atoms with Crippen molar-refractivity contribution in [1.82, 2.24) is 19.4 Å². The van der Waals surface area contributed by atoms with E-state index in [0.717, 1.165) is 79.0 Å². The number of likely N-dealkylation sites (tertiary alicyclic amines) is 1. The largest absolute Gasteiger partial charge is 0.343 e. The Morgan fingerprint density at radius 1 is 1.16 bits per heavy atom. The maximum Gasteiger partial charge on any atom is 0.226 e. The number of carbonyl (C=O) groups is 1. The number of hydrogen-bond acceptors (Lipinski definition) is 3. The second kappa shape index (κ2) is 9.96. The van der Waals surface area contributed by atoms with Gasteiger partial charge < -0.3 is 4.90 Å². The quantitative estimate of drug-likeness (QED) is 0.461. The van der Waals surface area contributed by atoms with Crippen molar-refractivity contribution >= 4 is 32.9 Å². The summed E-state index contributed by atoms with van der Waals surface area (Å²) in [7, 11) is 0. The molecule has 1 fully saturated rings. The van der Waals surface area contributed by atoms with Crippen LogP contribution in [0.1, 0.15) is 38.9 Å². The summed E-state index contributed by atoms with van der Waals surface area (Å²) in [6, 6.07) is 16.7. The SMILES string of the molecule is CCCN(CC)C(=O)[C@@H]1CCCN(Cc2nc3ccccc3n2-c2ccc(Br)cc2)C1. The van der Waals surface area contributed by atoms with Crippen LogP contribution in [0.3, 0.4) is 0 Å². The number of carbonyl (C=O) groups excluding carboxylic acids is 1. The molecule has 1 aliphatic heterocycles. The standard InChI is InChI=1S/C25H31BrN4O/c1-3-15-29(4-2)25(31)19-8-7-16-28(17-19)18-24-27-22-9-5-6-10-23(22)30(24)21-13-11-20(26)12-14-21/h5-6,9-14,19H,3-4,7-8,15-18H2,1-2H3/t19-/m1/s1. The van der Waals surface area contributed by atoms with E-state index in [4.69, 9.17) is 4.98 Å². The van der Waals surface area contributed by atoms with Gasteiger partial charge in [-0.1, -0.05) is 35.0 Å². The summed E-state index contributed by atoms with van der Waals surface area (Å²) in [5.41, 5.74) is 3.23. The third-order valence-corrected chi connectivity index (χ3v) is 6.65. The van der Waals surface area contributed by atoms with E-state index in [-0.39, 0.29) is 5.92 Å². The van der Waals surface area contributed by atoms with E-state index in [1.54, 1.807) is 0 Å². The molecular weight excluding hydrogens is 452 g/mol. The third-order valence-electron chi connectivity index (χ3n) is 6.12. The van der Waals surface area contributed by atoms with Crippen molar-refractivity contribution < 1.29 is 4.79 Å². The Hall–Kier alpha value is -2.18. The molecule has 0 radical (unpaired) electrons. The fourth-order valence-corrected chi connectivity index (χ4v) is 4.88. The molecule has 0 bridgehead atoms. The van der Waals surface area contributed by atoms with Gasteiger partial charge in [-0.3, -0.25) is 14.3 Å². The van der Waals surface area contributed by atoms with Crippen molar-refractivity contribution in [2.24, 2.45) is 5.92 Å². The Labute approximate surface area is 193 Å². The molecule has 0 unspecified atom stereocenters. The van der Waals surface area contributed by atoms with Crippen molar-refractivity contribution in [3.63, 3.8) is 0 Å². The van der Waals surface area contributed by atoms with E-state index in [0.29, 0.717) is 5.91 Å². The monoisotopic (exact) mass is 482 g/mol. The molecule has 1 amide bonds. The van der Waals surface area contributed by atoms with Gasteiger partial charge in [-0.2, -0.15) is 0 Å². The molecule has 1 saturated heterocycles. The highest BCUT2D eigenvalue weighted by molar-refractivity contribution is 9.10. The average molecular weight is 483 g/mol. The molecule has 0 saturated carbocycles. The molecule has 0 aliphatic carbocycles. The molecule has 2 aromatic carbocycles. The van der Waals surface area contributed by atoms with Crippen LogP contribution < -0.4 is 0 Å². The zero-order chi connectivity index (χ0) is 21.8. The summed E-state index contributed by atoms with van der Waals surface area (Å²) < 4.78 is 3.31. The zero-order valence-electron chi connectivity index (χ0n) is 18.4. The van der Waals surface area contributed by atoms with Crippen molar-refractivity contribution in [1.29, 1.82) is 0 Å². The molecule has 1 atom stereocenters. The van der Waals surface area contributed by atoms with Gasteiger partial charge in [-0.05, 0) is 69.1 Å². The molecule has 0 N–H and O–H groups in total. The number of fused-ring (bicyclic) bond motifs is 1. The van der Waals surface area contributed by atoms with Gasteiger partial charge in [0.15, 0.2) is 0 Å². The first-order valence-electron chi connectivity index (χ1n) is 11.3. The number of hydrogen-bond donors (Lipinski definition) is 0. The number of para-hydroxylation sites is 2. The van der Waals surface area contributed by atoms with Crippen molar-refractivity contribution in [2.75, 3.05) is 26.2 Å². The van der Waals surface area contributed by atoms with E-state index in [1.165, 1.54) is 0 Å². The normalized spacial score (nSPS) is 17.2.